The molecule has 2 heteroatoms. The van der Waals surface area contributed by atoms with Gasteiger partial charge in [-0.25, -0.2) is 0 Å². The van der Waals surface area contributed by atoms with E-state index in [9.17, 15) is 0 Å². The Morgan fingerprint density at radius 3 is 2.31 bits per heavy atom. The highest BCUT2D eigenvalue weighted by Crippen LogP contribution is 2.36. The molecule has 4 rings (SSSR count). The van der Waals surface area contributed by atoms with Crippen LogP contribution in [-0.2, 0) is 0 Å². The summed E-state index contributed by atoms with van der Waals surface area (Å²) in [7, 11) is 0. The van der Waals surface area contributed by atoms with Crippen LogP contribution in [0.5, 0.6) is 0 Å². The van der Waals surface area contributed by atoms with Crippen molar-refractivity contribution in [1.29, 1.82) is 0 Å². The smallest absolute Gasteiger partial charge is 0.0169 e. The van der Waals surface area contributed by atoms with Crippen molar-refractivity contribution in [3.63, 3.8) is 0 Å². The number of benzene rings is 2. The molecule has 1 fully saturated rings. The molecule has 2 aliphatic rings. The van der Waals surface area contributed by atoms with E-state index >= 15 is 0 Å². The summed E-state index contributed by atoms with van der Waals surface area (Å²) in [6.45, 7) is 3.62. The van der Waals surface area contributed by atoms with Crippen molar-refractivity contribution >= 4 is 18.0 Å². The topological polar surface area (TPSA) is 3.24 Å². The van der Waals surface area contributed by atoms with Crippen LogP contribution in [0.2, 0.25) is 0 Å². The Kier molecular flexibility index (Phi) is 6.93. The van der Waals surface area contributed by atoms with E-state index in [1.54, 1.807) is 5.56 Å². The van der Waals surface area contributed by atoms with Gasteiger partial charge in [0.2, 0.25) is 0 Å². The fraction of sp³-hybridized carbons (Fsp3) is 0.417. The first-order valence-corrected chi connectivity index (χ1v) is 9.90. The Hall–Kier alpha value is -1.57. The molecule has 1 saturated carbocycles. The third kappa shape index (κ3) is 4.78. The Labute approximate surface area is 164 Å². The van der Waals surface area contributed by atoms with Crippen molar-refractivity contribution in [2.24, 2.45) is 5.92 Å². The SMILES string of the molecule is C1=C(c2ccccc2)CCN(C[C@@H]2CCC[C@H](c3ccccc3)C2)C1.Cl. The first kappa shape index (κ1) is 19.2. The summed E-state index contributed by atoms with van der Waals surface area (Å²) in [5.41, 5.74) is 4.49. The Bertz CT molecular complexity index is 695. The summed E-state index contributed by atoms with van der Waals surface area (Å²) in [5.74, 6) is 1.64. The van der Waals surface area contributed by atoms with Gasteiger partial charge >= 0.3 is 0 Å². The van der Waals surface area contributed by atoms with Crippen LogP contribution in [0.15, 0.2) is 66.7 Å². The Morgan fingerprint density at radius 1 is 0.885 bits per heavy atom. The summed E-state index contributed by atoms with van der Waals surface area (Å²) < 4.78 is 0. The predicted octanol–water partition coefficient (Wildman–Crippen LogP) is 6.17. The number of nitrogens with zero attached hydrogens (tertiary/aromatic N) is 1. The van der Waals surface area contributed by atoms with Crippen molar-refractivity contribution in [2.45, 2.75) is 38.0 Å². The molecule has 2 atom stereocenters. The van der Waals surface area contributed by atoms with Crippen LogP contribution in [0, 0.1) is 5.92 Å². The van der Waals surface area contributed by atoms with Gasteiger partial charge in [-0.15, -0.1) is 12.4 Å². The van der Waals surface area contributed by atoms with Crippen molar-refractivity contribution in [3.8, 4) is 0 Å². The third-order valence-electron chi connectivity index (χ3n) is 6.01. The molecule has 0 amide bonds. The third-order valence-corrected chi connectivity index (χ3v) is 6.01. The average molecular weight is 368 g/mol. The number of rotatable bonds is 4. The van der Waals surface area contributed by atoms with E-state index in [2.05, 4.69) is 71.6 Å². The molecule has 0 saturated heterocycles. The fourth-order valence-corrected chi connectivity index (χ4v) is 4.64. The minimum atomic E-state index is 0. The van der Waals surface area contributed by atoms with Crippen LogP contribution < -0.4 is 0 Å². The quantitative estimate of drug-likeness (QED) is 0.624. The van der Waals surface area contributed by atoms with Crippen molar-refractivity contribution < 1.29 is 0 Å². The standard InChI is InChI=1S/C24H29N.ClH/c1-3-9-21(10-4-1)23-14-16-25(17-15-23)19-20-8-7-13-24(18-20)22-11-5-2-6-12-22;/h1-6,9-12,14,20,24H,7-8,13,15-19H2;1H/t20-,24+;/m1./s1. The van der Waals surface area contributed by atoms with Crippen molar-refractivity contribution in [2.75, 3.05) is 19.6 Å². The molecule has 2 aromatic rings. The van der Waals surface area contributed by atoms with E-state index in [0.29, 0.717) is 0 Å². The molecule has 0 bridgehead atoms. The number of hydrogen-bond donors (Lipinski definition) is 0. The Balaban J connectivity index is 0.00000196. The van der Waals surface area contributed by atoms with Gasteiger partial charge in [0.05, 0.1) is 0 Å². The fourth-order valence-electron chi connectivity index (χ4n) is 4.64. The zero-order chi connectivity index (χ0) is 16.9. The van der Waals surface area contributed by atoms with Gasteiger partial charge in [0.1, 0.15) is 0 Å². The second-order valence-electron chi connectivity index (χ2n) is 7.75. The van der Waals surface area contributed by atoms with E-state index < -0.39 is 0 Å². The lowest BCUT2D eigenvalue weighted by molar-refractivity contribution is 0.205. The highest BCUT2D eigenvalue weighted by molar-refractivity contribution is 5.85. The zero-order valence-electron chi connectivity index (χ0n) is 15.5. The van der Waals surface area contributed by atoms with Crippen molar-refractivity contribution in [1.82, 2.24) is 4.90 Å². The first-order chi connectivity index (χ1) is 12.4. The van der Waals surface area contributed by atoms with Gasteiger partial charge in [-0.05, 0) is 54.2 Å². The van der Waals surface area contributed by atoms with Crippen molar-refractivity contribution in [3.05, 3.63) is 77.9 Å². The van der Waals surface area contributed by atoms with E-state index in [4.69, 9.17) is 0 Å². The zero-order valence-corrected chi connectivity index (χ0v) is 16.3. The largest absolute Gasteiger partial charge is 0.299 e. The first-order valence-electron chi connectivity index (χ1n) is 9.90. The molecular formula is C24H30ClN. The Morgan fingerprint density at radius 2 is 1.62 bits per heavy atom. The van der Waals surface area contributed by atoms with Gasteiger partial charge in [0, 0.05) is 19.6 Å². The summed E-state index contributed by atoms with van der Waals surface area (Å²) in [5, 5.41) is 0. The van der Waals surface area contributed by atoms with Crippen LogP contribution in [-0.4, -0.2) is 24.5 Å². The predicted molar refractivity (Wildman–Crippen MR) is 114 cm³/mol. The lowest BCUT2D eigenvalue weighted by Gasteiger charge is -2.35. The molecule has 1 nitrogen and oxygen atoms in total. The summed E-state index contributed by atoms with van der Waals surface area (Å²) in [6.07, 6.45) is 9.20. The van der Waals surface area contributed by atoms with Gasteiger partial charge in [-0.1, -0.05) is 73.2 Å². The van der Waals surface area contributed by atoms with Gasteiger partial charge in [0.15, 0.2) is 0 Å². The van der Waals surface area contributed by atoms with E-state index in [0.717, 1.165) is 18.4 Å². The van der Waals surface area contributed by atoms with E-state index in [1.807, 2.05) is 0 Å². The average Bonchev–Trinajstić information content (AvgIpc) is 2.70. The molecule has 2 aromatic carbocycles. The maximum absolute atomic E-state index is 2.67. The van der Waals surface area contributed by atoms with E-state index in [-0.39, 0.29) is 12.4 Å². The molecular weight excluding hydrogens is 338 g/mol. The highest BCUT2D eigenvalue weighted by atomic mass is 35.5. The van der Waals surface area contributed by atoms with Gasteiger partial charge in [-0.2, -0.15) is 0 Å². The molecule has 0 spiro atoms. The van der Waals surface area contributed by atoms with E-state index in [1.165, 1.54) is 56.3 Å². The molecule has 138 valence electrons. The normalized spacial score (nSPS) is 23.8. The van der Waals surface area contributed by atoms with Gasteiger partial charge < -0.3 is 0 Å². The lowest BCUT2D eigenvalue weighted by Crippen LogP contribution is -2.34. The maximum atomic E-state index is 2.67. The molecule has 26 heavy (non-hydrogen) atoms. The molecule has 1 heterocycles. The highest BCUT2D eigenvalue weighted by Gasteiger charge is 2.25. The van der Waals surface area contributed by atoms with Crippen LogP contribution in [0.3, 0.4) is 0 Å². The van der Waals surface area contributed by atoms with Crippen LogP contribution in [0.25, 0.3) is 5.57 Å². The monoisotopic (exact) mass is 367 g/mol. The van der Waals surface area contributed by atoms with Crippen LogP contribution in [0.4, 0.5) is 0 Å². The second-order valence-corrected chi connectivity index (χ2v) is 7.75. The van der Waals surface area contributed by atoms with Crippen LogP contribution in [0.1, 0.15) is 49.1 Å². The van der Waals surface area contributed by atoms with Crippen LogP contribution >= 0.6 is 12.4 Å². The second kappa shape index (κ2) is 9.39. The lowest BCUT2D eigenvalue weighted by atomic mass is 9.77. The minimum absolute atomic E-state index is 0. The molecule has 1 aliphatic heterocycles. The van der Waals surface area contributed by atoms with Gasteiger partial charge in [0.25, 0.3) is 0 Å². The maximum Gasteiger partial charge on any atom is 0.0169 e. The molecule has 1 aliphatic carbocycles. The summed E-state index contributed by atoms with van der Waals surface area (Å²) in [4.78, 5) is 2.67. The number of halogens is 1. The molecule has 0 aromatic heterocycles. The molecule has 0 unspecified atom stereocenters. The molecule has 0 radical (unpaired) electrons. The summed E-state index contributed by atoms with van der Waals surface area (Å²) >= 11 is 0. The summed E-state index contributed by atoms with van der Waals surface area (Å²) in [6, 6.07) is 22.0. The molecule has 0 N–H and O–H groups in total. The van der Waals surface area contributed by atoms with Gasteiger partial charge in [-0.3, -0.25) is 4.90 Å². The minimum Gasteiger partial charge on any atom is -0.299 e. The number of hydrogen-bond acceptors (Lipinski definition) is 1.